The van der Waals surface area contributed by atoms with Crippen molar-refractivity contribution in [2.45, 2.75) is 66.2 Å². The van der Waals surface area contributed by atoms with Crippen molar-refractivity contribution in [2.75, 3.05) is 39.5 Å². The summed E-state index contributed by atoms with van der Waals surface area (Å²) in [6.07, 6.45) is 4.80. The molecule has 0 atom stereocenters. The van der Waals surface area contributed by atoms with Crippen LogP contribution in [0.3, 0.4) is 0 Å². The van der Waals surface area contributed by atoms with E-state index in [0.29, 0.717) is 31.5 Å². The molecule has 10 heteroatoms. The monoisotopic (exact) mass is 451 g/mol. The summed E-state index contributed by atoms with van der Waals surface area (Å²) in [5, 5.41) is 2.55. The maximum atomic E-state index is 11.7. The van der Waals surface area contributed by atoms with E-state index in [0.717, 1.165) is 32.5 Å². The number of nitrogens with one attached hydrogen (secondary N) is 3. The first kappa shape index (κ1) is 28.8. The zero-order valence-corrected chi connectivity index (χ0v) is 19.8. The van der Waals surface area contributed by atoms with Crippen LogP contribution in [0.25, 0.3) is 0 Å². The molecule has 0 aromatic heterocycles. The molecular weight excluding hydrogens is 410 g/mol. The number of ether oxygens (including phenoxy) is 2. The van der Waals surface area contributed by atoms with E-state index in [1.54, 1.807) is 0 Å². The SMILES string of the molecule is CC(C)CCCOCCCCOCCNC(=O)CNS(=O)(=O)NC(=O)CCC(C)C. The highest BCUT2D eigenvalue weighted by Gasteiger charge is 2.15. The van der Waals surface area contributed by atoms with Gasteiger partial charge in [0, 0.05) is 32.8 Å². The van der Waals surface area contributed by atoms with Crippen molar-refractivity contribution in [1.29, 1.82) is 0 Å². The minimum atomic E-state index is -4.04. The quantitative estimate of drug-likeness (QED) is 0.257. The van der Waals surface area contributed by atoms with Gasteiger partial charge in [0.1, 0.15) is 0 Å². The number of rotatable bonds is 19. The molecule has 178 valence electrons. The second-order valence-corrected chi connectivity index (χ2v) is 9.60. The normalized spacial score (nSPS) is 11.8. The summed E-state index contributed by atoms with van der Waals surface area (Å²) in [5.41, 5.74) is 0. The number of carbonyl (C=O) groups excluding carboxylic acids is 2. The summed E-state index contributed by atoms with van der Waals surface area (Å²) in [5.74, 6) is -0.0743. The maximum absolute atomic E-state index is 11.7. The lowest BCUT2D eigenvalue weighted by atomic mass is 10.1. The number of hydrogen-bond donors (Lipinski definition) is 3. The summed E-state index contributed by atoms with van der Waals surface area (Å²) >= 11 is 0. The topological polar surface area (TPSA) is 123 Å². The molecule has 0 rings (SSSR count). The van der Waals surface area contributed by atoms with Gasteiger partial charge >= 0.3 is 10.2 Å². The van der Waals surface area contributed by atoms with Crippen molar-refractivity contribution in [2.24, 2.45) is 11.8 Å². The zero-order valence-electron chi connectivity index (χ0n) is 19.0. The van der Waals surface area contributed by atoms with E-state index in [1.807, 2.05) is 23.3 Å². The Balaban J connectivity index is 3.59. The van der Waals surface area contributed by atoms with E-state index in [9.17, 15) is 18.0 Å². The molecule has 0 bridgehead atoms. The molecule has 0 aromatic rings. The molecule has 0 aliphatic rings. The van der Waals surface area contributed by atoms with Crippen LogP contribution in [0.4, 0.5) is 0 Å². The molecular formula is C20H41N3O6S. The van der Waals surface area contributed by atoms with Crippen molar-refractivity contribution in [3.63, 3.8) is 0 Å². The predicted molar refractivity (Wildman–Crippen MR) is 117 cm³/mol. The molecule has 0 saturated carbocycles. The summed E-state index contributed by atoms with van der Waals surface area (Å²) in [4.78, 5) is 23.2. The Morgan fingerprint density at radius 1 is 0.800 bits per heavy atom. The Hall–Kier alpha value is -1.23. The van der Waals surface area contributed by atoms with Crippen molar-refractivity contribution in [3.8, 4) is 0 Å². The third-order valence-corrected chi connectivity index (χ3v) is 5.11. The lowest BCUT2D eigenvalue weighted by Gasteiger charge is -2.10. The summed E-state index contributed by atoms with van der Waals surface area (Å²) < 4.78 is 38.4. The second-order valence-electron chi connectivity index (χ2n) is 8.10. The first-order chi connectivity index (χ1) is 14.1. The van der Waals surface area contributed by atoms with Crippen LogP contribution in [0.1, 0.15) is 66.2 Å². The van der Waals surface area contributed by atoms with Crippen LogP contribution >= 0.6 is 0 Å². The maximum Gasteiger partial charge on any atom is 0.301 e. The number of hydrogen-bond acceptors (Lipinski definition) is 6. The van der Waals surface area contributed by atoms with Gasteiger partial charge in [0.05, 0.1) is 13.2 Å². The van der Waals surface area contributed by atoms with Crippen LogP contribution in [-0.4, -0.2) is 59.7 Å². The molecule has 0 radical (unpaired) electrons. The first-order valence-electron chi connectivity index (χ1n) is 10.8. The van der Waals surface area contributed by atoms with E-state index >= 15 is 0 Å². The summed E-state index contributed by atoms with van der Waals surface area (Å²) in [6, 6.07) is 0. The molecule has 0 aliphatic heterocycles. The van der Waals surface area contributed by atoms with E-state index in [2.05, 4.69) is 19.2 Å². The molecule has 0 saturated heterocycles. The van der Waals surface area contributed by atoms with Crippen molar-refractivity contribution in [1.82, 2.24) is 14.8 Å². The smallest absolute Gasteiger partial charge is 0.301 e. The molecule has 9 nitrogen and oxygen atoms in total. The minimum absolute atomic E-state index is 0.117. The fraction of sp³-hybridized carbons (Fsp3) is 0.900. The van der Waals surface area contributed by atoms with Gasteiger partial charge in [-0.1, -0.05) is 27.7 Å². The second kappa shape index (κ2) is 17.5. The number of amides is 2. The molecule has 3 N–H and O–H groups in total. The standard InChI is InChI=1S/C20H41N3O6S/c1-17(2)8-7-14-28-12-5-6-13-29-15-11-21-20(25)16-22-30(26,27)23-19(24)10-9-18(3)4/h17-18,22H,5-16H2,1-4H3,(H,21,25)(H,23,24). The van der Waals surface area contributed by atoms with Gasteiger partial charge in [-0.15, -0.1) is 0 Å². The van der Waals surface area contributed by atoms with Crippen LogP contribution in [-0.2, 0) is 29.3 Å². The molecule has 0 unspecified atom stereocenters. The average molecular weight is 452 g/mol. The van der Waals surface area contributed by atoms with Gasteiger partial charge in [-0.05, 0) is 43.9 Å². The highest BCUT2D eigenvalue weighted by molar-refractivity contribution is 7.88. The van der Waals surface area contributed by atoms with Gasteiger partial charge in [-0.2, -0.15) is 13.1 Å². The Kier molecular flexibility index (Phi) is 16.7. The summed E-state index contributed by atoms with van der Waals surface area (Å²) in [6.45, 7) is 10.6. The molecule has 0 aromatic carbocycles. The number of unbranched alkanes of at least 4 members (excludes halogenated alkanes) is 1. The van der Waals surface area contributed by atoms with E-state index < -0.39 is 28.6 Å². The molecule has 0 heterocycles. The van der Waals surface area contributed by atoms with E-state index in [-0.39, 0.29) is 13.0 Å². The van der Waals surface area contributed by atoms with Crippen molar-refractivity contribution in [3.05, 3.63) is 0 Å². The van der Waals surface area contributed by atoms with Gasteiger partial charge in [-0.25, -0.2) is 4.72 Å². The first-order valence-corrected chi connectivity index (χ1v) is 12.3. The van der Waals surface area contributed by atoms with E-state index in [4.69, 9.17) is 9.47 Å². The van der Waals surface area contributed by atoms with Crippen LogP contribution in [0.5, 0.6) is 0 Å². The third-order valence-electron chi connectivity index (χ3n) is 4.09. The Labute approximate surface area is 182 Å². The van der Waals surface area contributed by atoms with Crippen LogP contribution in [0, 0.1) is 11.8 Å². The van der Waals surface area contributed by atoms with Gasteiger partial charge in [0.15, 0.2) is 0 Å². The van der Waals surface area contributed by atoms with Gasteiger partial charge in [0.2, 0.25) is 11.8 Å². The van der Waals surface area contributed by atoms with Gasteiger partial charge < -0.3 is 14.8 Å². The number of carbonyl (C=O) groups is 2. The molecule has 0 aliphatic carbocycles. The highest BCUT2D eigenvalue weighted by atomic mass is 32.2. The van der Waals surface area contributed by atoms with Gasteiger partial charge in [0.25, 0.3) is 0 Å². The molecule has 0 spiro atoms. The van der Waals surface area contributed by atoms with E-state index in [1.165, 1.54) is 6.42 Å². The fourth-order valence-corrected chi connectivity index (χ4v) is 3.14. The van der Waals surface area contributed by atoms with Crippen molar-refractivity contribution >= 4 is 22.0 Å². The Morgan fingerprint density at radius 3 is 1.97 bits per heavy atom. The lowest BCUT2D eigenvalue weighted by Crippen LogP contribution is -2.45. The lowest BCUT2D eigenvalue weighted by molar-refractivity contribution is -0.121. The molecule has 30 heavy (non-hydrogen) atoms. The van der Waals surface area contributed by atoms with Crippen LogP contribution in [0.15, 0.2) is 0 Å². The largest absolute Gasteiger partial charge is 0.381 e. The fourth-order valence-electron chi connectivity index (χ4n) is 2.35. The van der Waals surface area contributed by atoms with Crippen LogP contribution < -0.4 is 14.8 Å². The van der Waals surface area contributed by atoms with Gasteiger partial charge in [-0.3, -0.25) is 9.59 Å². The Bertz CT molecular complexity index is 567. The van der Waals surface area contributed by atoms with Crippen LogP contribution in [0.2, 0.25) is 0 Å². The zero-order chi connectivity index (χ0) is 22.8. The predicted octanol–water partition coefficient (Wildman–Crippen LogP) is 1.74. The third kappa shape index (κ3) is 20.1. The average Bonchev–Trinajstić information content (AvgIpc) is 2.65. The molecule has 0 fully saturated rings. The highest BCUT2D eigenvalue weighted by Crippen LogP contribution is 2.04. The Morgan fingerprint density at radius 2 is 1.37 bits per heavy atom. The summed E-state index contributed by atoms with van der Waals surface area (Å²) in [7, 11) is -4.04. The minimum Gasteiger partial charge on any atom is -0.381 e. The molecule has 2 amide bonds. The van der Waals surface area contributed by atoms with Crippen molar-refractivity contribution < 1.29 is 27.5 Å².